The second-order valence-electron chi connectivity index (χ2n) is 4.77. The Morgan fingerprint density at radius 2 is 1.80 bits per heavy atom. The number of benzene rings is 2. The molecule has 0 fully saturated rings. The summed E-state index contributed by atoms with van der Waals surface area (Å²) in [5.74, 6) is 0. The van der Waals surface area contributed by atoms with Gasteiger partial charge in [-0.15, -0.1) is 0 Å². The van der Waals surface area contributed by atoms with Gasteiger partial charge in [-0.3, -0.25) is 0 Å². The minimum Gasteiger partial charge on any atom is -0.423 e. The van der Waals surface area contributed by atoms with Crippen molar-refractivity contribution in [1.29, 1.82) is 0 Å². The molecule has 1 unspecified atom stereocenters. The number of rotatable bonds is 4. The maximum absolute atomic E-state index is 10.2. The summed E-state index contributed by atoms with van der Waals surface area (Å²) in [6.45, 7) is 0.427. The maximum Gasteiger partial charge on any atom is 0.298 e. The van der Waals surface area contributed by atoms with Crippen molar-refractivity contribution in [3.05, 3.63) is 60.2 Å². The fourth-order valence-corrected chi connectivity index (χ4v) is 2.14. The van der Waals surface area contributed by atoms with Crippen molar-refractivity contribution in [2.45, 2.75) is 6.10 Å². The van der Waals surface area contributed by atoms with Crippen LogP contribution < -0.4 is 4.90 Å². The van der Waals surface area contributed by atoms with E-state index in [1.165, 1.54) is 0 Å². The minimum atomic E-state index is -0.573. The summed E-state index contributed by atoms with van der Waals surface area (Å²) >= 11 is 0. The predicted molar refractivity (Wildman–Crippen MR) is 78.7 cm³/mol. The molecule has 1 N–H and O–H groups in total. The van der Waals surface area contributed by atoms with Gasteiger partial charge in [0.1, 0.15) is 5.52 Å². The number of fused-ring (bicyclic) bond motifs is 1. The number of aliphatic hydroxyl groups is 1. The van der Waals surface area contributed by atoms with E-state index in [2.05, 4.69) is 4.98 Å². The van der Waals surface area contributed by atoms with Crippen LogP contribution in [0.2, 0.25) is 0 Å². The fraction of sp³-hybridized carbons (Fsp3) is 0.188. The van der Waals surface area contributed by atoms with Crippen LogP contribution in [0, 0.1) is 0 Å². The smallest absolute Gasteiger partial charge is 0.298 e. The number of oxazole rings is 1. The van der Waals surface area contributed by atoms with Gasteiger partial charge in [0.15, 0.2) is 5.58 Å². The Morgan fingerprint density at radius 3 is 2.55 bits per heavy atom. The number of anilines is 1. The molecule has 2 aromatic carbocycles. The van der Waals surface area contributed by atoms with Gasteiger partial charge in [0.05, 0.1) is 12.6 Å². The van der Waals surface area contributed by atoms with Gasteiger partial charge in [-0.2, -0.15) is 4.98 Å². The van der Waals surface area contributed by atoms with E-state index in [4.69, 9.17) is 4.42 Å². The van der Waals surface area contributed by atoms with Crippen LogP contribution in [0.4, 0.5) is 6.01 Å². The van der Waals surface area contributed by atoms with Crippen molar-refractivity contribution in [2.24, 2.45) is 0 Å². The lowest BCUT2D eigenvalue weighted by Gasteiger charge is -2.19. The lowest BCUT2D eigenvalue weighted by Crippen LogP contribution is -2.24. The van der Waals surface area contributed by atoms with Crippen LogP contribution >= 0.6 is 0 Å². The first kappa shape index (κ1) is 12.7. The van der Waals surface area contributed by atoms with E-state index in [1.54, 1.807) is 0 Å². The zero-order chi connectivity index (χ0) is 13.9. The monoisotopic (exact) mass is 268 g/mol. The summed E-state index contributed by atoms with van der Waals surface area (Å²) in [5.41, 5.74) is 2.46. The Labute approximate surface area is 117 Å². The molecule has 3 rings (SSSR count). The third-order valence-electron chi connectivity index (χ3n) is 3.24. The molecule has 20 heavy (non-hydrogen) atoms. The molecule has 0 aliphatic heterocycles. The normalized spacial score (nSPS) is 12.5. The highest BCUT2D eigenvalue weighted by Crippen LogP contribution is 2.22. The standard InChI is InChI=1S/C16H16N2O2/c1-18(11-14(19)12-7-3-2-4-8-12)16-17-13-9-5-6-10-15(13)20-16/h2-10,14,19H,11H2,1H3. The van der Waals surface area contributed by atoms with Crippen LogP contribution in [0.15, 0.2) is 59.0 Å². The number of aliphatic hydroxyl groups excluding tert-OH is 1. The zero-order valence-corrected chi connectivity index (χ0v) is 11.2. The summed E-state index contributed by atoms with van der Waals surface area (Å²) in [4.78, 5) is 6.22. The number of nitrogens with zero attached hydrogens (tertiary/aromatic N) is 2. The molecule has 0 aliphatic carbocycles. The van der Waals surface area contributed by atoms with Crippen LogP contribution in [0.3, 0.4) is 0 Å². The molecule has 0 aliphatic rings. The molecule has 0 saturated carbocycles. The zero-order valence-electron chi connectivity index (χ0n) is 11.2. The molecule has 0 amide bonds. The molecular formula is C16H16N2O2. The van der Waals surface area contributed by atoms with Gasteiger partial charge in [-0.25, -0.2) is 0 Å². The molecule has 3 aromatic rings. The molecule has 0 radical (unpaired) electrons. The molecule has 0 spiro atoms. The van der Waals surface area contributed by atoms with Crippen LogP contribution in [-0.2, 0) is 0 Å². The first-order valence-electron chi connectivity index (χ1n) is 6.54. The van der Waals surface area contributed by atoms with Crippen molar-refractivity contribution in [1.82, 2.24) is 4.98 Å². The topological polar surface area (TPSA) is 49.5 Å². The highest BCUT2D eigenvalue weighted by atomic mass is 16.4. The van der Waals surface area contributed by atoms with Crippen molar-refractivity contribution in [3.8, 4) is 0 Å². The van der Waals surface area contributed by atoms with Crippen molar-refractivity contribution >= 4 is 17.1 Å². The molecule has 4 heteroatoms. The predicted octanol–water partition coefficient (Wildman–Crippen LogP) is 3.00. The summed E-state index contributed by atoms with van der Waals surface area (Å²) in [6.07, 6.45) is -0.573. The van der Waals surface area contributed by atoms with Crippen LogP contribution in [0.1, 0.15) is 11.7 Å². The molecule has 1 aromatic heterocycles. The van der Waals surface area contributed by atoms with E-state index in [-0.39, 0.29) is 0 Å². The fourth-order valence-electron chi connectivity index (χ4n) is 2.14. The number of aromatic nitrogens is 1. The first-order valence-corrected chi connectivity index (χ1v) is 6.54. The number of para-hydroxylation sites is 2. The van der Waals surface area contributed by atoms with Gasteiger partial charge in [-0.05, 0) is 17.7 Å². The SMILES string of the molecule is CN(CC(O)c1ccccc1)c1nc2ccccc2o1. The summed E-state index contributed by atoms with van der Waals surface area (Å²) in [5, 5.41) is 10.2. The third kappa shape index (κ3) is 2.51. The van der Waals surface area contributed by atoms with E-state index in [0.717, 1.165) is 16.7 Å². The summed E-state index contributed by atoms with van der Waals surface area (Å²) in [6, 6.07) is 17.7. The Morgan fingerprint density at radius 1 is 1.10 bits per heavy atom. The Bertz CT molecular complexity index is 661. The van der Waals surface area contributed by atoms with E-state index >= 15 is 0 Å². The van der Waals surface area contributed by atoms with E-state index in [0.29, 0.717) is 12.6 Å². The second kappa shape index (κ2) is 5.35. The maximum atomic E-state index is 10.2. The molecular weight excluding hydrogens is 252 g/mol. The highest BCUT2D eigenvalue weighted by molar-refractivity contribution is 5.74. The molecule has 1 heterocycles. The van der Waals surface area contributed by atoms with Gasteiger partial charge in [0.2, 0.25) is 0 Å². The third-order valence-corrected chi connectivity index (χ3v) is 3.24. The first-order chi connectivity index (χ1) is 9.74. The van der Waals surface area contributed by atoms with E-state index < -0.39 is 6.10 Å². The van der Waals surface area contributed by atoms with Crippen molar-refractivity contribution in [2.75, 3.05) is 18.5 Å². The van der Waals surface area contributed by atoms with Gasteiger partial charge in [0.25, 0.3) is 6.01 Å². The summed E-state index contributed by atoms with van der Waals surface area (Å²) < 4.78 is 5.67. The Kier molecular flexibility index (Phi) is 3.39. The quantitative estimate of drug-likeness (QED) is 0.790. The van der Waals surface area contributed by atoms with Gasteiger partial charge in [0, 0.05) is 7.05 Å². The number of hydrogen-bond acceptors (Lipinski definition) is 4. The van der Waals surface area contributed by atoms with Gasteiger partial charge >= 0.3 is 0 Å². The number of likely N-dealkylation sites (N-methyl/N-ethyl adjacent to an activating group) is 1. The van der Waals surface area contributed by atoms with Crippen LogP contribution in [-0.4, -0.2) is 23.7 Å². The van der Waals surface area contributed by atoms with Gasteiger partial charge < -0.3 is 14.4 Å². The second-order valence-corrected chi connectivity index (χ2v) is 4.77. The molecule has 0 bridgehead atoms. The van der Waals surface area contributed by atoms with E-state index in [9.17, 15) is 5.11 Å². The van der Waals surface area contributed by atoms with Crippen LogP contribution in [0.5, 0.6) is 0 Å². The highest BCUT2D eigenvalue weighted by Gasteiger charge is 2.15. The number of hydrogen-bond donors (Lipinski definition) is 1. The van der Waals surface area contributed by atoms with Crippen molar-refractivity contribution in [3.63, 3.8) is 0 Å². The largest absolute Gasteiger partial charge is 0.423 e. The molecule has 0 saturated heterocycles. The Hall–Kier alpha value is -2.33. The molecule has 102 valence electrons. The average Bonchev–Trinajstić information content (AvgIpc) is 2.92. The van der Waals surface area contributed by atoms with E-state index in [1.807, 2.05) is 66.5 Å². The lowest BCUT2D eigenvalue weighted by atomic mass is 10.1. The van der Waals surface area contributed by atoms with Crippen molar-refractivity contribution < 1.29 is 9.52 Å². The summed E-state index contributed by atoms with van der Waals surface area (Å²) in [7, 11) is 1.86. The molecule has 4 nitrogen and oxygen atoms in total. The minimum absolute atomic E-state index is 0.427. The average molecular weight is 268 g/mol. The van der Waals surface area contributed by atoms with Crippen LogP contribution in [0.25, 0.3) is 11.1 Å². The lowest BCUT2D eigenvalue weighted by molar-refractivity contribution is 0.183. The van der Waals surface area contributed by atoms with Gasteiger partial charge in [-0.1, -0.05) is 42.5 Å². The molecule has 1 atom stereocenters. The Balaban J connectivity index is 1.77.